The molecule has 1 aromatic carbocycles. The standard InChI is InChI=1S/C11H12N2S/c1-2-4-11(5-3-1)14-9-8-13-7-6-12-10-13/h1-7,10H,8-9H2. The molecule has 2 rings (SSSR count). The number of hydrogen-bond acceptors (Lipinski definition) is 2. The Hall–Kier alpha value is -1.22. The average molecular weight is 204 g/mol. The summed E-state index contributed by atoms with van der Waals surface area (Å²) in [7, 11) is 0. The first-order chi connectivity index (χ1) is 6.95. The van der Waals surface area contributed by atoms with Gasteiger partial charge in [0.25, 0.3) is 0 Å². The molecule has 72 valence electrons. The summed E-state index contributed by atoms with van der Waals surface area (Å²) in [6.45, 7) is 1.01. The lowest BCUT2D eigenvalue weighted by Crippen LogP contribution is -1.96. The first kappa shape index (κ1) is 9.34. The zero-order valence-corrected chi connectivity index (χ0v) is 8.65. The van der Waals surface area contributed by atoms with E-state index < -0.39 is 0 Å². The topological polar surface area (TPSA) is 17.8 Å². The maximum atomic E-state index is 4.00. The number of nitrogens with zero attached hydrogens (tertiary/aromatic N) is 2. The fourth-order valence-corrected chi connectivity index (χ4v) is 2.09. The fraction of sp³-hybridized carbons (Fsp3) is 0.182. The Morgan fingerprint density at radius 2 is 2.07 bits per heavy atom. The molecule has 0 fully saturated rings. The number of aromatic nitrogens is 2. The van der Waals surface area contributed by atoms with E-state index in [0.717, 1.165) is 12.3 Å². The molecule has 0 aliphatic heterocycles. The van der Waals surface area contributed by atoms with Crippen LogP contribution < -0.4 is 0 Å². The maximum absolute atomic E-state index is 4.00. The highest BCUT2D eigenvalue weighted by molar-refractivity contribution is 7.99. The van der Waals surface area contributed by atoms with Crippen molar-refractivity contribution >= 4 is 11.8 Å². The molecule has 14 heavy (non-hydrogen) atoms. The Morgan fingerprint density at radius 1 is 1.21 bits per heavy atom. The molecule has 0 saturated carbocycles. The normalized spacial score (nSPS) is 10.3. The van der Waals surface area contributed by atoms with Crippen molar-refractivity contribution in [1.82, 2.24) is 9.55 Å². The SMILES string of the molecule is c1ccc(SCCn2ccnc2)cc1. The Kier molecular flexibility index (Phi) is 3.24. The minimum atomic E-state index is 1.01. The van der Waals surface area contributed by atoms with Gasteiger partial charge in [-0.2, -0.15) is 0 Å². The van der Waals surface area contributed by atoms with Crippen molar-refractivity contribution in [2.45, 2.75) is 11.4 Å². The smallest absolute Gasteiger partial charge is 0.0946 e. The van der Waals surface area contributed by atoms with Crippen molar-refractivity contribution in [3.05, 3.63) is 49.1 Å². The molecule has 0 spiro atoms. The summed E-state index contributed by atoms with van der Waals surface area (Å²) in [5.41, 5.74) is 0. The zero-order valence-electron chi connectivity index (χ0n) is 7.84. The van der Waals surface area contributed by atoms with E-state index >= 15 is 0 Å². The second-order valence-electron chi connectivity index (χ2n) is 2.96. The minimum Gasteiger partial charge on any atom is -0.337 e. The van der Waals surface area contributed by atoms with Gasteiger partial charge in [-0.25, -0.2) is 4.98 Å². The number of rotatable bonds is 4. The van der Waals surface area contributed by atoms with Crippen molar-refractivity contribution in [2.24, 2.45) is 0 Å². The predicted molar refractivity (Wildman–Crippen MR) is 59.4 cm³/mol. The lowest BCUT2D eigenvalue weighted by Gasteiger charge is -2.01. The molecule has 3 heteroatoms. The molecule has 1 aromatic heterocycles. The van der Waals surface area contributed by atoms with Gasteiger partial charge in [0.2, 0.25) is 0 Å². The summed E-state index contributed by atoms with van der Waals surface area (Å²) < 4.78 is 2.09. The summed E-state index contributed by atoms with van der Waals surface area (Å²) in [5, 5.41) is 0. The molecular formula is C11H12N2S. The van der Waals surface area contributed by atoms with Gasteiger partial charge in [0.05, 0.1) is 6.33 Å². The molecule has 0 amide bonds. The molecule has 0 unspecified atom stereocenters. The quantitative estimate of drug-likeness (QED) is 0.713. The molecule has 0 N–H and O–H groups in total. The van der Waals surface area contributed by atoms with E-state index in [1.165, 1.54) is 4.90 Å². The van der Waals surface area contributed by atoms with Crippen molar-refractivity contribution < 1.29 is 0 Å². The van der Waals surface area contributed by atoms with Crippen LogP contribution in [0.15, 0.2) is 53.9 Å². The summed E-state index contributed by atoms with van der Waals surface area (Å²) in [6.07, 6.45) is 5.66. The molecule has 0 aliphatic carbocycles. The van der Waals surface area contributed by atoms with Crippen LogP contribution >= 0.6 is 11.8 Å². The lowest BCUT2D eigenvalue weighted by atomic mass is 10.4. The van der Waals surface area contributed by atoms with Crippen LogP contribution in [-0.2, 0) is 6.54 Å². The van der Waals surface area contributed by atoms with E-state index in [0.29, 0.717) is 0 Å². The van der Waals surface area contributed by atoms with Crippen molar-refractivity contribution in [2.75, 3.05) is 5.75 Å². The van der Waals surface area contributed by atoms with Gasteiger partial charge in [-0.1, -0.05) is 18.2 Å². The largest absolute Gasteiger partial charge is 0.337 e. The van der Waals surface area contributed by atoms with Crippen molar-refractivity contribution in [1.29, 1.82) is 0 Å². The second kappa shape index (κ2) is 4.86. The van der Waals surface area contributed by atoms with E-state index in [1.54, 1.807) is 0 Å². The summed E-state index contributed by atoms with van der Waals surface area (Å²) in [6, 6.07) is 10.5. The van der Waals surface area contributed by atoms with E-state index in [9.17, 15) is 0 Å². The Bertz CT molecular complexity index is 356. The number of thioether (sulfide) groups is 1. The summed E-state index contributed by atoms with van der Waals surface area (Å²) >= 11 is 1.87. The fourth-order valence-electron chi connectivity index (χ4n) is 1.20. The third-order valence-electron chi connectivity index (χ3n) is 1.92. The second-order valence-corrected chi connectivity index (χ2v) is 4.13. The molecule has 0 saturated heterocycles. The van der Waals surface area contributed by atoms with Gasteiger partial charge in [-0.15, -0.1) is 11.8 Å². The van der Waals surface area contributed by atoms with Crippen LogP contribution in [0.5, 0.6) is 0 Å². The number of imidazole rings is 1. The molecule has 1 heterocycles. The van der Waals surface area contributed by atoms with Crippen LogP contribution in [0.3, 0.4) is 0 Å². The highest BCUT2D eigenvalue weighted by atomic mass is 32.2. The van der Waals surface area contributed by atoms with Crippen LogP contribution in [0, 0.1) is 0 Å². The van der Waals surface area contributed by atoms with Crippen LogP contribution in [0.2, 0.25) is 0 Å². The molecule has 0 aliphatic rings. The Labute approximate surface area is 88.0 Å². The number of hydrogen-bond donors (Lipinski definition) is 0. The van der Waals surface area contributed by atoms with Gasteiger partial charge in [0, 0.05) is 29.6 Å². The van der Waals surface area contributed by atoms with Gasteiger partial charge < -0.3 is 4.57 Å². The van der Waals surface area contributed by atoms with Gasteiger partial charge in [-0.05, 0) is 12.1 Å². The first-order valence-electron chi connectivity index (χ1n) is 4.59. The molecule has 2 nitrogen and oxygen atoms in total. The molecule has 0 atom stereocenters. The lowest BCUT2D eigenvalue weighted by molar-refractivity contribution is 0.770. The van der Waals surface area contributed by atoms with Gasteiger partial charge >= 0.3 is 0 Å². The van der Waals surface area contributed by atoms with Crippen molar-refractivity contribution in [3.8, 4) is 0 Å². The maximum Gasteiger partial charge on any atom is 0.0946 e. The van der Waals surface area contributed by atoms with Crippen LogP contribution in [0.25, 0.3) is 0 Å². The average Bonchev–Trinajstić information content (AvgIpc) is 2.72. The highest BCUT2D eigenvalue weighted by Crippen LogP contribution is 2.16. The van der Waals surface area contributed by atoms with Crippen molar-refractivity contribution in [3.63, 3.8) is 0 Å². The third kappa shape index (κ3) is 2.64. The van der Waals surface area contributed by atoms with Crippen LogP contribution in [-0.4, -0.2) is 15.3 Å². The van der Waals surface area contributed by atoms with Crippen LogP contribution in [0.4, 0.5) is 0 Å². The third-order valence-corrected chi connectivity index (χ3v) is 2.91. The Morgan fingerprint density at radius 3 is 2.79 bits per heavy atom. The number of aryl methyl sites for hydroxylation is 1. The van der Waals surface area contributed by atoms with E-state index in [1.807, 2.05) is 36.5 Å². The number of benzene rings is 1. The monoisotopic (exact) mass is 204 g/mol. The van der Waals surface area contributed by atoms with E-state index in [2.05, 4.69) is 33.8 Å². The van der Waals surface area contributed by atoms with E-state index in [-0.39, 0.29) is 0 Å². The zero-order chi connectivity index (χ0) is 9.64. The summed E-state index contributed by atoms with van der Waals surface area (Å²) in [5.74, 6) is 1.08. The molecular weight excluding hydrogens is 192 g/mol. The van der Waals surface area contributed by atoms with E-state index in [4.69, 9.17) is 0 Å². The highest BCUT2D eigenvalue weighted by Gasteiger charge is 1.93. The molecule has 0 bridgehead atoms. The molecule has 2 aromatic rings. The molecule has 0 radical (unpaired) electrons. The first-order valence-corrected chi connectivity index (χ1v) is 5.57. The Balaban J connectivity index is 1.79. The predicted octanol–water partition coefficient (Wildman–Crippen LogP) is 2.68. The van der Waals surface area contributed by atoms with Gasteiger partial charge in [-0.3, -0.25) is 0 Å². The van der Waals surface area contributed by atoms with Crippen LogP contribution in [0.1, 0.15) is 0 Å². The minimum absolute atomic E-state index is 1.01. The van der Waals surface area contributed by atoms with Gasteiger partial charge in [0.1, 0.15) is 0 Å². The van der Waals surface area contributed by atoms with Gasteiger partial charge in [0.15, 0.2) is 0 Å². The summed E-state index contributed by atoms with van der Waals surface area (Å²) in [4.78, 5) is 5.33.